The standard InChI is InChI=1S/C17H15FN4O3/c18-12-6-2-1-5-11(12)15-20-21-16(25-15)14-7-3-4-8-22(14)17(23)13-9-24-10-19-13/h1-2,5-6,9-10,14H,3-4,7-8H2. The van der Waals surface area contributed by atoms with Crippen molar-refractivity contribution in [3.8, 4) is 11.5 Å². The Balaban J connectivity index is 1.63. The molecule has 0 aliphatic carbocycles. The molecule has 1 aliphatic rings. The van der Waals surface area contributed by atoms with Crippen LogP contribution in [0.5, 0.6) is 0 Å². The van der Waals surface area contributed by atoms with E-state index in [1.165, 1.54) is 18.7 Å². The maximum absolute atomic E-state index is 13.9. The molecule has 1 aromatic carbocycles. The molecule has 1 atom stereocenters. The molecule has 2 aromatic heterocycles. The van der Waals surface area contributed by atoms with Crippen LogP contribution in [-0.4, -0.2) is 32.5 Å². The summed E-state index contributed by atoms with van der Waals surface area (Å²) in [5.41, 5.74) is 0.479. The fraction of sp³-hybridized carbons (Fsp3) is 0.294. The lowest BCUT2D eigenvalue weighted by atomic mass is 10.0. The Hall–Kier alpha value is -3.03. The van der Waals surface area contributed by atoms with E-state index < -0.39 is 5.82 Å². The first-order valence-corrected chi connectivity index (χ1v) is 8.01. The summed E-state index contributed by atoms with van der Waals surface area (Å²) in [7, 11) is 0. The van der Waals surface area contributed by atoms with Gasteiger partial charge in [0, 0.05) is 6.54 Å². The van der Waals surface area contributed by atoms with Crippen LogP contribution in [0.4, 0.5) is 4.39 Å². The van der Waals surface area contributed by atoms with Gasteiger partial charge >= 0.3 is 0 Å². The maximum atomic E-state index is 13.9. The van der Waals surface area contributed by atoms with Crippen LogP contribution >= 0.6 is 0 Å². The van der Waals surface area contributed by atoms with Crippen molar-refractivity contribution >= 4 is 5.91 Å². The highest BCUT2D eigenvalue weighted by Gasteiger charge is 2.33. The molecule has 0 radical (unpaired) electrons. The van der Waals surface area contributed by atoms with E-state index in [9.17, 15) is 9.18 Å². The first kappa shape index (κ1) is 15.5. The number of rotatable bonds is 3. The molecule has 7 nitrogen and oxygen atoms in total. The summed E-state index contributed by atoms with van der Waals surface area (Å²) >= 11 is 0. The minimum Gasteiger partial charge on any atom is -0.451 e. The molecule has 3 aromatic rings. The van der Waals surface area contributed by atoms with Crippen LogP contribution < -0.4 is 0 Å². The largest absolute Gasteiger partial charge is 0.451 e. The Kier molecular flexibility index (Phi) is 4.01. The number of carbonyl (C=O) groups excluding carboxylic acids is 1. The second kappa shape index (κ2) is 6.46. The number of carbonyl (C=O) groups is 1. The first-order valence-electron chi connectivity index (χ1n) is 8.01. The van der Waals surface area contributed by atoms with Gasteiger partial charge in [-0.2, -0.15) is 0 Å². The number of nitrogens with zero attached hydrogens (tertiary/aromatic N) is 4. The second-order valence-electron chi connectivity index (χ2n) is 5.81. The van der Waals surface area contributed by atoms with E-state index >= 15 is 0 Å². The maximum Gasteiger partial charge on any atom is 0.276 e. The third-order valence-electron chi connectivity index (χ3n) is 4.25. The van der Waals surface area contributed by atoms with Gasteiger partial charge in [-0.3, -0.25) is 4.79 Å². The predicted molar refractivity (Wildman–Crippen MR) is 83.8 cm³/mol. The normalized spacial score (nSPS) is 17.6. The molecule has 0 N–H and O–H groups in total. The van der Waals surface area contributed by atoms with Crippen molar-refractivity contribution < 1.29 is 18.0 Å². The van der Waals surface area contributed by atoms with Gasteiger partial charge in [-0.15, -0.1) is 10.2 Å². The van der Waals surface area contributed by atoms with Crippen molar-refractivity contribution in [2.24, 2.45) is 0 Å². The molecular formula is C17H15FN4O3. The first-order chi connectivity index (χ1) is 12.2. The smallest absolute Gasteiger partial charge is 0.276 e. The van der Waals surface area contributed by atoms with Crippen molar-refractivity contribution in [1.82, 2.24) is 20.1 Å². The summed E-state index contributed by atoms with van der Waals surface area (Å²) in [6.07, 6.45) is 5.04. The van der Waals surface area contributed by atoms with Gasteiger partial charge in [0.25, 0.3) is 11.8 Å². The molecule has 3 heterocycles. The van der Waals surface area contributed by atoms with Crippen LogP contribution in [0.25, 0.3) is 11.5 Å². The van der Waals surface area contributed by atoms with Gasteiger partial charge in [0.15, 0.2) is 12.1 Å². The van der Waals surface area contributed by atoms with E-state index in [1.807, 2.05) is 0 Å². The molecule has 1 unspecified atom stereocenters. The predicted octanol–water partition coefficient (Wildman–Crippen LogP) is 3.23. The molecule has 1 saturated heterocycles. The van der Waals surface area contributed by atoms with E-state index in [2.05, 4.69) is 15.2 Å². The number of likely N-dealkylation sites (tertiary alicyclic amines) is 1. The third kappa shape index (κ3) is 2.90. The van der Waals surface area contributed by atoms with Gasteiger partial charge in [0.1, 0.15) is 18.1 Å². The van der Waals surface area contributed by atoms with Crippen LogP contribution in [0.2, 0.25) is 0 Å². The van der Waals surface area contributed by atoms with Gasteiger partial charge in [-0.05, 0) is 31.4 Å². The van der Waals surface area contributed by atoms with Gasteiger partial charge in [0.05, 0.1) is 5.56 Å². The molecule has 0 saturated carbocycles. The van der Waals surface area contributed by atoms with Gasteiger partial charge in [-0.1, -0.05) is 12.1 Å². The van der Waals surface area contributed by atoms with Gasteiger partial charge in [-0.25, -0.2) is 9.37 Å². The lowest BCUT2D eigenvalue weighted by molar-refractivity contribution is 0.0566. The minimum absolute atomic E-state index is 0.104. The van der Waals surface area contributed by atoms with Crippen LogP contribution in [0.3, 0.4) is 0 Å². The SMILES string of the molecule is O=C(c1cocn1)N1CCCCC1c1nnc(-c2ccccc2F)o1. The molecule has 1 aliphatic heterocycles. The van der Waals surface area contributed by atoms with Crippen molar-refractivity contribution in [3.05, 3.63) is 54.3 Å². The highest BCUT2D eigenvalue weighted by molar-refractivity contribution is 5.92. The fourth-order valence-electron chi connectivity index (χ4n) is 3.01. The van der Waals surface area contributed by atoms with E-state index in [0.717, 1.165) is 12.8 Å². The number of halogens is 1. The summed E-state index contributed by atoms with van der Waals surface area (Å²) in [5, 5.41) is 8.00. The average molecular weight is 342 g/mol. The molecule has 1 fully saturated rings. The summed E-state index contributed by atoms with van der Waals surface area (Å²) < 4.78 is 24.5. The van der Waals surface area contributed by atoms with Gasteiger partial charge < -0.3 is 13.7 Å². The number of hydrogen-bond donors (Lipinski definition) is 0. The molecule has 0 spiro atoms. The fourth-order valence-corrected chi connectivity index (χ4v) is 3.01. The number of oxazole rings is 1. The summed E-state index contributed by atoms with van der Waals surface area (Å²) in [6, 6.07) is 5.84. The van der Waals surface area contributed by atoms with Gasteiger partial charge in [0.2, 0.25) is 5.89 Å². The lowest BCUT2D eigenvalue weighted by Crippen LogP contribution is -2.38. The monoisotopic (exact) mass is 342 g/mol. The average Bonchev–Trinajstić information content (AvgIpc) is 3.34. The Labute approximate surface area is 142 Å². The van der Waals surface area contributed by atoms with Crippen molar-refractivity contribution in [1.29, 1.82) is 0 Å². The third-order valence-corrected chi connectivity index (χ3v) is 4.25. The zero-order chi connectivity index (χ0) is 17.2. The van der Waals surface area contributed by atoms with Crippen molar-refractivity contribution in [3.63, 3.8) is 0 Å². The summed E-state index contributed by atoms with van der Waals surface area (Å²) in [4.78, 5) is 18.2. The van der Waals surface area contributed by atoms with E-state index in [1.54, 1.807) is 23.1 Å². The highest BCUT2D eigenvalue weighted by Crippen LogP contribution is 2.33. The molecule has 4 rings (SSSR count). The van der Waals surface area contributed by atoms with Crippen LogP contribution in [-0.2, 0) is 0 Å². The second-order valence-corrected chi connectivity index (χ2v) is 5.81. The Bertz CT molecular complexity index is 878. The van der Waals surface area contributed by atoms with Crippen LogP contribution in [0, 0.1) is 5.82 Å². The Morgan fingerprint density at radius 2 is 2.12 bits per heavy atom. The molecular weight excluding hydrogens is 327 g/mol. The summed E-state index contributed by atoms with van der Waals surface area (Å²) in [5.74, 6) is -0.275. The molecule has 128 valence electrons. The zero-order valence-electron chi connectivity index (χ0n) is 13.3. The molecule has 8 heteroatoms. The lowest BCUT2D eigenvalue weighted by Gasteiger charge is -2.32. The minimum atomic E-state index is -0.433. The zero-order valence-corrected chi connectivity index (χ0v) is 13.3. The number of hydrogen-bond acceptors (Lipinski definition) is 6. The summed E-state index contributed by atoms with van der Waals surface area (Å²) in [6.45, 7) is 0.563. The quantitative estimate of drug-likeness (QED) is 0.726. The molecule has 25 heavy (non-hydrogen) atoms. The Morgan fingerprint density at radius 1 is 1.24 bits per heavy atom. The van der Waals surface area contributed by atoms with Crippen molar-refractivity contribution in [2.45, 2.75) is 25.3 Å². The Morgan fingerprint density at radius 3 is 2.92 bits per heavy atom. The van der Waals surface area contributed by atoms with E-state index in [-0.39, 0.29) is 29.1 Å². The van der Waals surface area contributed by atoms with E-state index in [0.29, 0.717) is 18.9 Å². The number of aromatic nitrogens is 3. The number of benzene rings is 1. The highest BCUT2D eigenvalue weighted by atomic mass is 19.1. The molecule has 0 bridgehead atoms. The van der Waals surface area contributed by atoms with Crippen LogP contribution in [0.1, 0.15) is 41.7 Å². The topological polar surface area (TPSA) is 85.3 Å². The van der Waals surface area contributed by atoms with E-state index in [4.69, 9.17) is 8.83 Å². The number of piperidine rings is 1. The molecule has 1 amide bonds. The van der Waals surface area contributed by atoms with Crippen molar-refractivity contribution in [2.75, 3.05) is 6.54 Å². The van der Waals surface area contributed by atoms with Crippen LogP contribution in [0.15, 0.2) is 45.8 Å². The number of amides is 1.